The quantitative estimate of drug-likeness (QED) is 0.711. The van der Waals surface area contributed by atoms with Crippen LogP contribution >= 0.6 is 39.1 Å². The minimum absolute atomic E-state index is 0.103. The Hall–Kier alpha value is -0.250. The van der Waals surface area contributed by atoms with Gasteiger partial charge in [-0.3, -0.25) is 4.79 Å². The summed E-state index contributed by atoms with van der Waals surface area (Å²) < 4.78 is 0. The minimum atomic E-state index is -0.120. The van der Waals surface area contributed by atoms with Crippen LogP contribution in [0.25, 0.3) is 0 Å². The van der Waals surface area contributed by atoms with Crippen LogP contribution in [-0.2, 0) is 0 Å². The molecule has 1 aromatic rings. The van der Waals surface area contributed by atoms with Gasteiger partial charge in [-0.15, -0.1) is 0 Å². The van der Waals surface area contributed by atoms with E-state index in [1.165, 1.54) is 0 Å². The summed E-state index contributed by atoms with van der Waals surface area (Å²) in [5, 5.41) is 4.69. The summed E-state index contributed by atoms with van der Waals surface area (Å²) in [6, 6.07) is 4.90. The second-order valence-electron chi connectivity index (χ2n) is 4.65. The lowest BCUT2D eigenvalue weighted by molar-refractivity contribution is 0.0932. The molecule has 0 heterocycles. The van der Waals surface area contributed by atoms with Crippen molar-refractivity contribution in [2.75, 3.05) is 11.9 Å². The van der Waals surface area contributed by atoms with E-state index in [1.54, 1.807) is 18.2 Å². The molecule has 0 saturated carbocycles. The van der Waals surface area contributed by atoms with Crippen molar-refractivity contribution in [3.05, 3.63) is 33.8 Å². The molecule has 1 N–H and O–H groups in total. The summed E-state index contributed by atoms with van der Waals surface area (Å²) in [7, 11) is 0. The second-order valence-corrected chi connectivity index (χ2v) is 6.03. The van der Waals surface area contributed by atoms with E-state index in [9.17, 15) is 4.79 Å². The molecule has 0 aliphatic rings. The average Bonchev–Trinajstić information content (AvgIpc) is 2.43. The zero-order chi connectivity index (χ0) is 14.5. The van der Waals surface area contributed by atoms with Crippen molar-refractivity contribution in [1.82, 2.24) is 5.32 Å². The predicted octanol–water partition coefficient (Wildman–Crippen LogP) is 4.92. The first-order valence-electron chi connectivity index (χ1n) is 6.27. The second kappa shape index (κ2) is 7.51. The molecule has 0 unspecified atom stereocenters. The van der Waals surface area contributed by atoms with Gasteiger partial charge in [0.05, 0.1) is 10.0 Å². The number of rotatable bonds is 6. The zero-order valence-corrected chi connectivity index (χ0v) is 14.2. The summed E-state index contributed by atoms with van der Waals surface area (Å²) in [5.41, 5.74) is 0.636. The Kier molecular flexibility index (Phi) is 6.64. The van der Waals surface area contributed by atoms with Gasteiger partial charge in [0.1, 0.15) is 0 Å². The monoisotopic (exact) mass is 365 g/mol. The number of halogens is 3. The number of alkyl halides is 1. The van der Waals surface area contributed by atoms with Gasteiger partial charge in [0.25, 0.3) is 5.91 Å². The predicted molar refractivity (Wildman–Crippen MR) is 85.6 cm³/mol. The van der Waals surface area contributed by atoms with Crippen molar-refractivity contribution < 1.29 is 4.79 Å². The van der Waals surface area contributed by atoms with E-state index in [0.717, 1.165) is 18.2 Å². The van der Waals surface area contributed by atoms with Crippen LogP contribution in [0.1, 0.15) is 37.0 Å². The highest BCUT2D eigenvalue weighted by Crippen LogP contribution is 2.28. The Labute approximate surface area is 133 Å². The highest BCUT2D eigenvalue weighted by Gasteiger charge is 2.25. The standard InChI is InChI=1S/C14H18BrCl2NO/c1-3-14(4-2,8-15)9-18-13(19)10-5-6-11(16)12(17)7-10/h5-7H,3-4,8-9H2,1-2H3,(H,18,19). The van der Waals surface area contributed by atoms with E-state index in [-0.39, 0.29) is 11.3 Å². The number of nitrogens with one attached hydrogen (secondary N) is 1. The van der Waals surface area contributed by atoms with Crippen LogP contribution in [0, 0.1) is 5.41 Å². The first-order valence-corrected chi connectivity index (χ1v) is 8.15. The molecule has 0 fully saturated rings. The number of carbonyl (C=O) groups excluding carboxylic acids is 1. The van der Waals surface area contributed by atoms with Crippen LogP contribution in [0.2, 0.25) is 10.0 Å². The molecule has 0 aromatic heterocycles. The Balaban J connectivity index is 2.72. The van der Waals surface area contributed by atoms with Gasteiger partial charge >= 0.3 is 0 Å². The average molecular weight is 367 g/mol. The maximum atomic E-state index is 12.1. The largest absolute Gasteiger partial charge is 0.351 e. The molecule has 1 amide bonds. The zero-order valence-electron chi connectivity index (χ0n) is 11.1. The van der Waals surface area contributed by atoms with Gasteiger partial charge < -0.3 is 5.32 Å². The lowest BCUT2D eigenvalue weighted by atomic mass is 9.84. The fraction of sp³-hybridized carbons (Fsp3) is 0.500. The molecule has 0 bridgehead atoms. The Morgan fingerprint density at radius 2 is 1.89 bits per heavy atom. The molecule has 0 aliphatic carbocycles. The molecule has 5 heteroatoms. The van der Waals surface area contributed by atoms with Crippen LogP contribution in [0.5, 0.6) is 0 Å². The number of benzene rings is 1. The van der Waals surface area contributed by atoms with E-state index in [1.807, 2.05) is 0 Å². The molecular weight excluding hydrogens is 349 g/mol. The normalized spacial score (nSPS) is 11.4. The van der Waals surface area contributed by atoms with Crippen LogP contribution in [0.3, 0.4) is 0 Å². The van der Waals surface area contributed by atoms with Gasteiger partial charge in [0, 0.05) is 17.4 Å². The summed E-state index contributed by atoms with van der Waals surface area (Å²) in [6.45, 7) is 4.91. The first-order chi connectivity index (χ1) is 8.98. The molecule has 19 heavy (non-hydrogen) atoms. The van der Waals surface area contributed by atoms with E-state index in [2.05, 4.69) is 35.1 Å². The smallest absolute Gasteiger partial charge is 0.251 e. The van der Waals surface area contributed by atoms with Crippen LogP contribution in [-0.4, -0.2) is 17.8 Å². The Bertz CT molecular complexity index is 439. The maximum absolute atomic E-state index is 12.1. The van der Waals surface area contributed by atoms with E-state index in [0.29, 0.717) is 22.2 Å². The minimum Gasteiger partial charge on any atom is -0.351 e. The topological polar surface area (TPSA) is 29.1 Å². The highest BCUT2D eigenvalue weighted by molar-refractivity contribution is 9.09. The van der Waals surface area contributed by atoms with Crippen molar-refractivity contribution in [3.63, 3.8) is 0 Å². The number of carbonyl (C=O) groups is 1. The molecule has 0 atom stereocenters. The molecule has 1 aromatic carbocycles. The number of amides is 1. The summed E-state index contributed by atoms with van der Waals surface area (Å²) in [5.74, 6) is -0.120. The first kappa shape index (κ1) is 16.8. The van der Waals surface area contributed by atoms with Crippen molar-refractivity contribution in [3.8, 4) is 0 Å². The third-order valence-electron chi connectivity index (χ3n) is 3.59. The molecule has 1 rings (SSSR count). The third kappa shape index (κ3) is 4.37. The Morgan fingerprint density at radius 3 is 2.37 bits per heavy atom. The lowest BCUT2D eigenvalue weighted by Crippen LogP contribution is -2.38. The van der Waals surface area contributed by atoms with Crippen LogP contribution < -0.4 is 5.32 Å². The van der Waals surface area contributed by atoms with Crippen LogP contribution in [0.4, 0.5) is 0 Å². The van der Waals surface area contributed by atoms with E-state index >= 15 is 0 Å². The van der Waals surface area contributed by atoms with Crippen molar-refractivity contribution in [2.24, 2.45) is 5.41 Å². The molecule has 0 spiro atoms. The molecule has 2 nitrogen and oxygen atoms in total. The van der Waals surface area contributed by atoms with Gasteiger partial charge in [-0.1, -0.05) is 53.0 Å². The van der Waals surface area contributed by atoms with Gasteiger partial charge in [-0.25, -0.2) is 0 Å². The fourth-order valence-corrected chi connectivity index (χ4v) is 3.03. The van der Waals surface area contributed by atoms with Gasteiger partial charge in [-0.2, -0.15) is 0 Å². The number of hydrogen-bond donors (Lipinski definition) is 1. The van der Waals surface area contributed by atoms with E-state index in [4.69, 9.17) is 23.2 Å². The SMILES string of the molecule is CCC(CC)(CBr)CNC(=O)c1ccc(Cl)c(Cl)c1. The summed E-state index contributed by atoms with van der Waals surface area (Å²) in [6.07, 6.45) is 2.02. The van der Waals surface area contributed by atoms with Crippen molar-refractivity contribution >= 4 is 45.0 Å². The van der Waals surface area contributed by atoms with Crippen LogP contribution in [0.15, 0.2) is 18.2 Å². The van der Waals surface area contributed by atoms with Crippen molar-refractivity contribution in [1.29, 1.82) is 0 Å². The van der Waals surface area contributed by atoms with Gasteiger partial charge in [0.15, 0.2) is 0 Å². The lowest BCUT2D eigenvalue weighted by Gasteiger charge is -2.29. The van der Waals surface area contributed by atoms with Gasteiger partial charge in [-0.05, 0) is 36.5 Å². The van der Waals surface area contributed by atoms with E-state index < -0.39 is 0 Å². The number of hydrogen-bond acceptors (Lipinski definition) is 1. The highest BCUT2D eigenvalue weighted by atomic mass is 79.9. The molecular formula is C14H18BrCl2NO. The molecule has 0 aliphatic heterocycles. The fourth-order valence-electron chi connectivity index (χ4n) is 1.74. The summed E-state index contributed by atoms with van der Waals surface area (Å²) >= 11 is 15.3. The molecule has 0 radical (unpaired) electrons. The third-order valence-corrected chi connectivity index (χ3v) is 5.52. The molecule has 106 valence electrons. The molecule has 0 saturated heterocycles. The maximum Gasteiger partial charge on any atom is 0.251 e. The van der Waals surface area contributed by atoms with Gasteiger partial charge in [0.2, 0.25) is 0 Å². The Morgan fingerprint density at radius 1 is 1.26 bits per heavy atom. The summed E-state index contributed by atoms with van der Waals surface area (Å²) in [4.78, 5) is 12.1. The van der Waals surface area contributed by atoms with Crippen molar-refractivity contribution in [2.45, 2.75) is 26.7 Å².